The van der Waals surface area contributed by atoms with Crippen LogP contribution in [0.2, 0.25) is 0 Å². The van der Waals surface area contributed by atoms with E-state index in [-0.39, 0.29) is 0 Å². The minimum Gasteiger partial charge on any atom is -0.303 e. The Hall–Kier alpha value is -0.830. The molecule has 1 saturated heterocycles. The molecule has 1 fully saturated rings. The number of likely N-dealkylation sites (tertiary alicyclic amines) is 1. The molecule has 1 aliphatic heterocycles. The summed E-state index contributed by atoms with van der Waals surface area (Å²) in [6.45, 7) is 8.11. The molecule has 0 aliphatic carbocycles. The van der Waals surface area contributed by atoms with E-state index in [0.717, 1.165) is 6.42 Å². The van der Waals surface area contributed by atoms with Crippen LogP contribution in [0.4, 0.5) is 0 Å². The Balaban J connectivity index is 1.79. The molecule has 90 valence electrons. The monoisotopic (exact) mass is 221 g/mol. The van der Waals surface area contributed by atoms with Gasteiger partial charge in [0, 0.05) is 18.8 Å². The first-order valence-corrected chi connectivity index (χ1v) is 6.51. The third-order valence-corrected chi connectivity index (χ3v) is 3.35. The average molecular weight is 221 g/mol. The summed E-state index contributed by atoms with van der Waals surface area (Å²) in [7, 11) is 0. The van der Waals surface area contributed by atoms with Gasteiger partial charge in [-0.1, -0.05) is 6.42 Å². The Labute approximate surface area is 98.4 Å². The van der Waals surface area contributed by atoms with E-state index >= 15 is 0 Å². The summed E-state index contributed by atoms with van der Waals surface area (Å²) in [5, 5.41) is 4.38. The maximum absolute atomic E-state index is 4.38. The Morgan fingerprint density at radius 1 is 1.25 bits per heavy atom. The van der Waals surface area contributed by atoms with E-state index in [9.17, 15) is 0 Å². The van der Waals surface area contributed by atoms with Crippen LogP contribution >= 0.6 is 0 Å². The maximum atomic E-state index is 4.38. The van der Waals surface area contributed by atoms with Gasteiger partial charge in [0.2, 0.25) is 0 Å². The number of nitrogens with zero attached hydrogens (tertiary/aromatic N) is 3. The molecule has 0 bridgehead atoms. The first-order valence-electron chi connectivity index (χ1n) is 6.51. The summed E-state index contributed by atoms with van der Waals surface area (Å²) < 4.78 is 2.05. The molecule has 0 saturated carbocycles. The van der Waals surface area contributed by atoms with Crippen LogP contribution in [0.25, 0.3) is 0 Å². The Morgan fingerprint density at radius 2 is 2.00 bits per heavy atom. The van der Waals surface area contributed by atoms with E-state index in [4.69, 9.17) is 0 Å². The Kier molecular flexibility index (Phi) is 3.99. The van der Waals surface area contributed by atoms with Crippen molar-refractivity contribution in [2.75, 3.05) is 19.6 Å². The minimum absolute atomic E-state index is 0.476. The smallest absolute Gasteiger partial charge is 0.0522 e. The molecule has 3 heteroatoms. The third-order valence-electron chi connectivity index (χ3n) is 3.35. The van der Waals surface area contributed by atoms with Crippen molar-refractivity contribution in [1.29, 1.82) is 0 Å². The lowest BCUT2D eigenvalue weighted by atomic mass is 10.1. The fourth-order valence-electron chi connectivity index (χ4n) is 2.26. The molecule has 2 heterocycles. The Morgan fingerprint density at radius 3 is 2.62 bits per heavy atom. The van der Waals surface area contributed by atoms with Crippen LogP contribution < -0.4 is 0 Å². The van der Waals surface area contributed by atoms with Gasteiger partial charge >= 0.3 is 0 Å². The summed E-state index contributed by atoms with van der Waals surface area (Å²) in [6, 6.07) is 0.476. The highest BCUT2D eigenvalue weighted by atomic mass is 15.3. The van der Waals surface area contributed by atoms with E-state index in [1.807, 2.05) is 10.9 Å². The van der Waals surface area contributed by atoms with E-state index in [1.165, 1.54) is 44.5 Å². The second-order valence-electron chi connectivity index (χ2n) is 5.07. The van der Waals surface area contributed by atoms with Crippen LogP contribution in [-0.2, 0) is 6.42 Å². The molecular weight excluding hydrogens is 198 g/mol. The SMILES string of the molecule is CC(C)n1cc(CCN2CCCCC2)cn1. The zero-order chi connectivity index (χ0) is 11.4. The van der Waals surface area contributed by atoms with Crippen molar-refractivity contribution in [3.8, 4) is 0 Å². The molecule has 0 aromatic carbocycles. The zero-order valence-electron chi connectivity index (χ0n) is 10.5. The molecule has 1 aromatic rings. The van der Waals surface area contributed by atoms with Gasteiger partial charge in [0.1, 0.15) is 0 Å². The van der Waals surface area contributed by atoms with Crippen molar-refractivity contribution >= 4 is 0 Å². The topological polar surface area (TPSA) is 21.1 Å². The van der Waals surface area contributed by atoms with Crippen molar-refractivity contribution in [2.45, 2.75) is 45.6 Å². The van der Waals surface area contributed by atoms with E-state index in [0.29, 0.717) is 6.04 Å². The number of aromatic nitrogens is 2. The molecule has 0 amide bonds. The van der Waals surface area contributed by atoms with Crippen molar-refractivity contribution in [2.24, 2.45) is 0 Å². The lowest BCUT2D eigenvalue weighted by molar-refractivity contribution is 0.231. The summed E-state index contributed by atoms with van der Waals surface area (Å²) in [5.74, 6) is 0. The van der Waals surface area contributed by atoms with Crippen molar-refractivity contribution in [3.63, 3.8) is 0 Å². The molecule has 0 radical (unpaired) electrons. The van der Waals surface area contributed by atoms with Gasteiger partial charge in [-0.25, -0.2) is 0 Å². The quantitative estimate of drug-likeness (QED) is 0.779. The Bertz CT molecular complexity index is 311. The molecule has 16 heavy (non-hydrogen) atoms. The lowest BCUT2D eigenvalue weighted by Gasteiger charge is -2.25. The predicted octanol–water partition coefficient (Wildman–Crippen LogP) is 2.49. The van der Waals surface area contributed by atoms with Gasteiger partial charge < -0.3 is 4.90 Å². The summed E-state index contributed by atoms with van der Waals surface area (Å²) in [4.78, 5) is 2.58. The van der Waals surface area contributed by atoms with E-state index in [2.05, 4.69) is 30.0 Å². The van der Waals surface area contributed by atoms with Gasteiger partial charge in [-0.3, -0.25) is 4.68 Å². The van der Waals surface area contributed by atoms with Gasteiger partial charge in [0.05, 0.1) is 6.20 Å². The van der Waals surface area contributed by atoms with Crippen molar-refractivity contribution in [3.05, 3.63) is 18.0 Å². The molecule has 0 N–H and O–H groups in total. The van der Waals surface area contributed by atoms with Gasteiger partial charge in [0.15, 0.2) is 0 Å². The van der Waals surface area contributed by atoms with Gasteiger partial charge in [0.25, 0.3) is 0 Å². The first kappa shape index (κ1) is 11.6. The number of hydrogen-bond donors (Lipinski definition) is 0. The second kappa shape index (κ2) is 5.48. The van der Waals surface area contributed by atoms with Crippen molar-refractivity contribution in [1.82, 2.24) is 14.7 Å². The average Bonchev–Trinajstić information content (AvgIpc) is 2.76. The molecular formula is C13H23N3. The van der Waals surface area contributed by atoms with Crippen LogP contribution in [0.5, 0.6) is 0 Å². The maximum Gasteiger partial charge on any atom is 0.0522 e. The molecule has 2 rings (SSSR count). The second-order valence-corrected chi connectivity index (χ2v) is 5.07. The van der Waals surface area contributed by atoms with E-state index in [1.54, 1.807) is 0 Å². The van der Waals surface area contributed by atoms with Crippen LogP contribution in [0, 0.1) is 0 Å². The molecule has 0 spiro atoms. The van der Waals surface area contributed by atoms with Gasteiger partial charge in [-0.2, -0.15) is 5.10 Å². The van der Waals surface area contributed by atoms with Crippen LogP contribution in [-0.4, -0.2) is 34.3 Å². The van der Waals surface area contributed by atoms with Crippen LogP contribution in [0.1, 0.15) is 44.7 Å². The number of rotatable bonds is 4. The molecule has 1 aromatic heterocycles. The summed E-state index contributed by atoms with van der Waals surface area (Å²) in [5.41, 5.74) is 1.37. The normalized spacial score (nSPS) is 18.2. The van der Waals surface area contributed by atoms with Gasteiger partial charge in [-0.15, -0.1) is 0 Å². The van der Waals surface area contributed by atoms with Crippen molar-refractivity contribution < 1.29 is 0 Å². The number of hydrogen-bond acceptors (Lipinski definition) is 2. The standard InChI is InChI=1S/C13H23N3/c1-12(2)16-11-13(10-14-16)6-9-15-7-4-3-5-8-15/h10-12H,3-9H2,1-2H3. The first-order chi connectivity index (χ1) is 7.75. The molecule has 1 aliphatic rings. The minimum atomic E-state index is 0.476. The van der Waals surface area contributed by atoms with Crippen LogP contribution in [0.15, 0.2) is 12.4 Å². The highest BCUT2D eigenvalue weighted by molar-refractivity contribution is 5.04. The molecule has 0 unspecified atom stereocenters. The predicted molar refractivity (Wildman–Crippen MR) is 66.6 cm³/mol. The van der Waals surface area contributed by atoms with Gasteiger partial charge in [-0.05, 0) is 51.8 Å². The third kappa shape index (κ3) is 3.08. The molecule has 0 atom stereocenters. The largest absolute Gasteiger partial charge is 0.303 e. The zero-order valence-corrected chi connectivity index (χ0v) is 10.5. The highest BCUT2D eigenvalue weighted by Crippen LogP contribution is 2.11. The fraction of sp³-hybridized carbons (Fsp3) is 0.769. The lowest BCUT2D eigenvalue weighted by Crippen LogP contribution is -2.31. The van der Waals surface area contributed by atoms with Crippen LogP contribution in [0.3, 0.4) is 0 Å². The number of piperidine rings is 1. The highest BCUT2D eigenvalue weighted by Gasteiger charge is 2.10. The summed E-state index contributed by atoms with van der Waals surface area (Å²) in [6.07, 6.45) is 9.53. The molecule has 3 nitrogen and oxygen atoms in total. The fourth-order valence-corrected chi connectivity index (χ4v) is 2.26. The summed E-state index contributed by atoms with van der Waals surface area (Å²) >= 11 is 0. The van der Waals surface area contributed by atoms with E-state index < -0.39 is 0 Å².